The van der Waals surface area contributed by atoms with Crippen molar-refractivity contribution < 1.29 is 34.4 Å². The van der Waals surface area contributed by atoms with E-state index in [1.807, 2.05) is 19.9 Å². The minimum absolute atomic E-state index is 0.0405. The van der Waals surface area contributed by atoms with E-state index in [1.165, 1.54) is 33.1 Å². The molecule has 0 aromatic rings. The number of allylic oxidation sites excluding steroid dienone is 2. The third-order valence-electron chi connectivity index (χ3n) is 9.43. The minimum atomic E-state index is -1.92. The Bertz CT molecular complexity index is 1070. The van der Waals surface area contributed by atoms with E-state index in [1.54, 1.807) is 13.8 Å². The molecule has 0 saturated heterocycles. The Morgan fingerprint density at radius 1 is 1.09 bits per heavy atom. The van der Waals surface area contributed by atoms with Crippen LogP contribution in [0, 0.1) is 34.0 Å². The van der Waals surface area contributed by atoms with Crippen LogP contribution >= 0.6 is 0 Å². The van der Waals surface area contributed by atoms with Crippen LogP contribution in [0.1, 0.15) is 67.7 Å². The van der Waals surface area contributed by atoms with Crippen molar-refractivity contribution in [3.05, 3.63) is 35.6 Å². The molecule has 7 heteroatoms. The lowest BCUT2D eigenvalue weighted by Crippen LogP contribution is -2.59. The summed E-state index contributed by atoms with van der Waals surface area (Å²) in [6.07, 6.45) is 5.95. The first-order valence-corrected chi connectivity index (χ1v) is 12.4. The molecule has 2 saturated carbocycles. The van der Waals surface area contributed by atoms with Crippen molar-refractivity contribution in [1.82, 2.24) is 0 Å². The summed E-state index contributed by atoms with van der Waals surface area (Å²) >= 11 is 0. The summed E-state index contributed by atoms with van der Waals surface area (Å²) in [6.45, 7) is 11.9. The van der Waals surface area contributed by atoms with Crippen molar-refractivity contribution in [2.45, 2.75) is 85.0 Å². The van der Waals surface area contributed by atoms with Gasteiger partial charge in [-0.3, -0.25) is 14.4 Å². The minimum Gasteiger partial charge on any atom is -0.434 e. The number of Topliss-reactive ketones (excluding diaryl/α,β-unsaturated/α-hetero) is 1. The first-order chi connectivity index (χ1) is 15.9. The number of hydrogen-bond acceptors (Lipinski definition) is 7. The van der Waals surface area contributed by atoms with Crippen molar-refractivity contribution >= 4 is 17.5 Å². The van der Waals surface area contributed by atoms with Gasteiger partial charge in [0.25, 0.3) is 0 Å². The summed E-state index contributed by atoms with van der Waals surface area (Å²) in [6, 6.07) is 0. The zero-order valence-corrected chi connectivity index (χ0v) is 21.7. The Hall–Kier alpha value is -2.09. The van der Waals surface area contributed by atoms with E-state index < -0.39 is 45.3 Å². The van der Waals surface area contributed by atoms with E-state index >= 15 is 0 Å². The first-order valence-electron chi connectivity index (χ1n) is 12.4. The number of aliphatic hydroxyl groups is 3. The molecule has 192 valence electrons. The summed E-state index contributed by atoms with van der Waals surface area (Å²) in [4.78, 5) is 39.4. The van der Waals surface area contributed by atoms with Gasteiger partial charge >= 0.3 is 5.97 Å². The summed E-state index contributed by atoms with van der Waals surface area (Å²) in [5.74, 6) is -2.17. The SMILES string of the molecule is CC(C)(O)/C=C/C(=O)[C@](C)(O)[C@H]1[C@H](O)C[C@@H]2[C@@H]3CC=C4C(=COC(=O)C4(C)C)[C@]3(C)C(=O)C[C@@]21C. The summed E-state index contributed by atoms with van der Waals surface area (Å²) < 4.78 is 5.39. The van der Waals surface area contributed by atoms with E-state index in [0.717, 1.165) is 17.2 Å². The van der Waals surface area contributed by atoms with Crippen LogP contribution in [-0.4, -0.2) is 50.2 Å². The van der Waals surface area contributed by atoms with E-state index in [0.29, 0.717) is 12.8 Å². The van der Waals surface area contributed by atoms with Crippen LogP contribution in [-0.2, 0) is 19.1 Å². The predicted molar refractivity (Wildman–Crippen MR) is 129 cm³/mol. The smallest absolute Gasteiger partial charge is 0.320 e. The maximum Gasteiger partial charge on any atom is 0.320 e. The standard InChI is InChI=1S/C28H38O7/c1-24(2,33)11-10-20(30)28(7,34)22-19(29)12-17-16-9-8-15-18(14-35-23(32)25(15,3)4)27(16,6)21(31)13-26(17,22)5/h8,10-11,14,16-17,19,22,29,33-34H,9,12-13H2,1-7H3/b11-10+/t16-,17+,19+,22-,26-,27+,28-/m0/s1. The fraction of sp³-hybridized carbons (Fsp3) is 0.679. The number of carbonyl (C=O) groups is 3. The molecule has 0 aromatic carbocycles. The van der Waals surface area contributed by atoms with Gasteiger partial charge in [-0.2, -0.15) is 0 Å². The van der Waals surface area contributed by atoms with Crippen LogP contribution in [0.2, 0.25) is 0 Å². The van der Waals surface area contributed by atoms with Crippen molar-refractivity contribution in [3.8, 4) is 0 Å². The molecule has 1 aliphatic heterocycles. The first kappa shape index (κ1) is 26.0. The van der Waals surface area contributed by atoms with Gasteiger partial charge in [-0.15, -0.1) is 0 Å². The number of ketones is 2. The molecule has 1 heterocycles. The monoisotopic (exact) mass is 486 g/mol. The fourth-order valence-electron chi connectivity index (χ4n) is 7.49. The van der Waals surface area contributed by atoms with E-state index in [4.69, 9.17) is 4.74 Å². The topological polar surface area (TPSA) is 121 Å². The van der Waals surface area contributed by atoms with Gasteiger partial charge in [-0.05, 0) is 83.3 Å². The van der Waals surface area contributed by atoms with E-state index in [2.05, 4.69) is 0 Å². The van der Waals surface area contributed by atoms with Gasteiger partial charge in [-0.25, -0.2) is 0 Å². The van der Waals surface area contributed by atoms with Crippen LogP contribution in [0.4, 0.5) is 0 Å². The Kier molecular flexibility index (Phi) is 5.72. The average Bonchev–Trinajstić information content (AvgIpc) is 2.99. The second kappa shape index (κ2) is 7.70. The number of carbonyl (C=O) groups excluding carboxylic acids is 3. The number of hydrogen-bond donors (Lipinski definition) is 3. The zero-order chi connectivity index (χ0) is 26.4. The van der Waals surface area contributed by atoms with Crippen LogP contribution in [0.3, 0.4) is 0 Å². The number of aliphatic hydroxyl groups excluding tert-OH is 1. The number of ether oxygens (including phenoxy) is 1. The quantitative estimate of drug-likeness (QED) is 0.412. The molecule has 0 unspecified atom stereocenters. The third-order valence-corrected chi connectivity index (χ3v) is 9.43. The molecule has 3 aliphatic carbocycles. The number of esters is 1. The lowest BCUT2D eigenvalue weighted by molar-refractivity contribution is -0.161. The molecule has 2 fully saturated rings. The van der Waals surface area contributed by atoms with Crippen LogP contribution in [0.15, 0.2) is 35.6 Å². The molecule has 0 bridgehead atoms. The van der Waals surface area contributed by atoms with Gasteiger partial charge in [0.2, 0.25) is 0 Å². The Balaban J connectivity index is 1.75. The van der Waals surface area contributed by atoms with Crippen molar-refractivity contribution in [1.29, 1.82) is 0 Å². The highest BCUT2D eigenvalue weighted by Crippen LogP contribution is 2.67. The van der Waals surface area contributed by atoms with Crippen LogP contribution < -0.4 is 0 Å². The van der Waals surface area contributed by atoms with Crippen LogP contribution in [0.5, 0.6) is 0 Å². The third kappa shape index (κ3) is 3.61. The molecule has 0 aromatic heterocycles. The lowest BCUT2D eigenvalue weighted by atomic mass is 9.46. The van der Waals surface area contributed by atoms with Crippen LogP contribution in [0.25, 0.3) is 0 Å². The molecule has 0 amide bonds. The molecule has 3 N–H and O–H groups in total. The second-order valence-electron chi connectivity index (χ2n) is 12.7. The Morgan fingerprint density at radius 3 is 2.31 bits per heavy atom. The lowest BCUT2D eigenvalue weighted by Gasteiger charge is -2.57. The van der Waals surface area contributed by atoms with Gasteiger partial charge in [0.05, 0.1) is 28.8 Å². The Morgan fingerprint density at radius 2 is 1.71 bits per heavy atom. The zero-order valence-electron chi connectivity index (χ0n) is 21.7. The fourth-order valence-corrected chi connectivity index (χ4v) is 7.49. The largest absolute Gasteiger partial charge is 0.434 e. The molecular formula is C28H38O7. The molecule has 7 atom stereocenters. The van der Waals surface area contributed by atoms with Gasteiger partial charge in [0, 0.05) is 17.9 Å². The van der Waals surface area contributed by atoms with E-state index in [9.17, 15) is 29.7 Å². The normalized spacial score (nSPS) is 40.2. The molecule has 0 radical (unpaired) electrons. The van der Waals surface area contributed by atoms with Crippen molar-refractivity contribution in [2.75, 3.05) is 0 Å². The number of cyclic esters (lactones) is 1. The van der Waals surface area contributed by atoms with Gasteiger partial charge in [-0.1, -0.05) is 19.1 Å². The molecule has 4 rings (SSSR count). The second-order valence-corrected chi connectivity index (χ2v) is 12.7. The predicted octanol–water partition coefficient (Wildman–Crippen LogP) is 3.03. The van der Waals surface area contributed by atoms with Gasteiger partial charge < -0.3 is 20.1 Å². The van der Waals surface area contributed by atoms with Gasteiger partial charge in [0.15, 0.2) is 5.78 Å². The molecule has 4 aliphatic rings. The van der Waals surface area contributed by atoms with E-state index in [-0.39, 0.29) is 30.0 Å². The maximum atomic E-state index is 13.9. The summed E-state index contributed by atoms with van der Waals surface area (Å²) in [7, 11) is 0. The molecule has 35 heavy (non-hydrogen) atoms. The summed E-state index contributed by atoms with van der Waals surface area (Å²) in [5, 5.41) is 32.6. The highest BCUT2D eigenvalue weighted by atomic mass is 16.5. The number of fused-ring (bicyclic) bond motifs is 5. The van der Waals surface area contributed by atoms with Crippen molar-refractivity contribution in [3.63, 3.8) is 0 Å². The highest BCUT2D eigenvalue weighted by Gasteiger charge is 2.69. The summed E-state index contributed by atoms with van der Waals surface area (Å²) in [5.41, 5.74) is -4.17. The molecule has 7 nitrogen and oxygen atoms in total. The molecule has 0 spiro atoms. The Labute approximate surface area is 206 Å². The molecular weight excluding hydrogens is 448 g/mol. The average molecular weight is 487 g/mol. The van der Waals surface area contributed by atoms with Crippen molar-refractivity contribution in [2.24, 2.45) is 34.0 Å². The maximum absolute atomic E-state index is 13.9. The number of rotatable bonds is 4. The highest BCUT2D eigenvalue weighted by molar-refractivity contribution is 5.98. The van der Waals surface area contributed by atoms with Gasteiger partial charge in [0.1, 0.15) is 11.4 Å².